The summed E-state index contributed by atoms with van der Waals surface area (Å²) in [5.74, 6) is 0.555. The second-order valence-electron chi connectivity index (χ2n) is 4.91. The molecule has 5 heteroatoms. The van der Waals surface area contributed by atoms with Gasteiger partial charge in [0.05, 0.1) is 11.1 Å². The molecule has 0 aromatic heterocycles. The molecule has 2 fully saturated rings. The molecule has 3 rings (SSSR count). The molecule has 1 heterocycles. The molecule has 0 radical (unpaired) electrons. The van der Waals surface area contributed by atoms with Crippen LogP contribution in [0, 0.1) is 5.82 Å². The van der Waals surface area contributed by atoms with E-state index in [2.05, 4.69) is 9.89 Å². The predicted molar refractivity (Wildman–Crippen MR) is 70.4 cm³/mol. The molecule has 18 heavy (non-hydrogen) atoms. The van der Waals surface area contributed by atoms with Crippen molar-refractivity contribution in [2.75, 3.05) is 13.1 Å². The van der Waals surface area contributed by atoms with Gasteiger partial charge in [0.1, 0.15) is 5.82 Å². The van der Waals surface area contributed by atoms with Crippen LogP contribution in [0.4, 0.5) is 4.39 Å². The van der Waals surface area contributed by atoms with Crippen molar-refractivity contribution in [1.29, 1.82) is 0 Å². The van der Waals surface area contributed by atoms with Crippen LogP contribution in [0.5, 0.6) is 0 Å². The van der Waals surface area contributed by atoms with Crippen LogP contribution in [0.25, 0.3) is 0 Å². The van der Waals surface area contributed by atoms with Crippen LogP contribution in [0.15, 0.2) is 23.2 Å². The first-order chi connectivity index (χ1) is 8.65. The lowest BCUT2D eigenvalue weighted by atomic mass is 10.1. The maximum atomic E-state index is 13.3. The van der Waals surface area contributed by atoms with E-state index < -0.39 is 0 Å². The Balaban J connectivity index is 1.68. The summed E-state index contributed by atoms with van der Waals surface area (Å²) in [5.41, 5.74) is 6.86. The highest BCUT2D eigenvalue weighted by Gasteiger charge is 2.39. The first kappa shape index (κ1) is 11.8. The molecule has 0 unspecified atom stereocenters. The average Bonchev–Trinajstić information content (AvgIpc) is 2.98. The molecule has 2 N–H and O–H groups in total. The van der Waals surface area contributed by atoms with Crippen molar-refractivity contribution in [1.82, 2.24) is 4.90 Å². The fourth-order valence-corrected chi connectivity index (χ4v) is 2.34. The van der Waals surface area contributed by atoms with Crippen LogP contribution in [0.2, 0.25) is 5.02 Å². The van der Waals surface area contributed by atoms with Crippen molar-refractivity contribution in [3.63, 3.8) is 0 Å². The highest BCUT2D eigenvalue weighted by molar-refractivity contribution is 6.30. The predicted octanol–water partition coefficient (Wildman–Crippen LogP) is 2.36. The fraction of sp³-hybridized carbons (Fsp3) is 0.462. The van der Waals surface area contributed by atoms with Crippen molar-refractivity contribution < 1.29 is 4.39 Å². The van der Waals surface area contributed by atoms with Crippen molar-refractivity contribution in [2.45, 2.75) is 24.8 Å². The smallest absolute Gasteiger partial charge is 0.191 e. The van der Waals surface area contributed by atoms with E-state index in [9.17, 15) is 4.39 Å². The van der Waals surface area contributed by atoms with Gasteiger partial charge in [-0.2, -0.15) is 0 Å². The van der Waals surface area contributed by atoms with E-state index >= 15 is 0 Å². The molecule has 0 spiro atoms. The summed E-state index contributed by atoms with van der Waals surface area (Å²) in [5, 5.41) is 0.166. The summed E-state index contributed by atoms with van der Waals surface area (Å²) < 4.78 is 13.3. The normalized spacial score (nSPS) is 27.0. The minimum absolute atomic E-state index is 0.166. The number of hydrogen-bond donors (Lipinski definition) is 1. The van der Waals surface area contributed by atoms with Gasteiger partial charge >= 0.3 is 0 Å². The van der Waals surface area contributed by atoms with E-state index in [1.807, 2.05) is 6.07 Å². The molecule has 96 valence electrons. The lowest BCUT2D eigenvalue weighted by Gasteiger charge is -2.31. The number of likely N-dealkylation sites (tertiary alicyclic amines) is 1. The van der Waals surface area contributed by atoms with E-state index in [4.69, 9.17) is 17.3 Å². The first-order valence-electron chi connectivity index (χ1n) is 6.18. The summed E-state index contributed by atoms with van der Waals surface area (Å²) >= 11 is 5.67. The van der Waals surface area contributed by atoms with Gasteiger partial charge < -0.3 is 10.6 Å². The third-order valence-corrected chi connectivity index (χ3v) is 3.91. The molecule has 2 aliphatic rings. The molecule has 1 saturated carbocycles. The number of nitrogens with two attached hydrogens (primary N) is 1. The number of aliphatic imine (C=N–C) groups is 1. The Hall–Kier alpha value is -1.29. The zero-order valence-electron chi connectivity index (χ0n) is 9.94. The minimum Gasteiger partial charge on any atom is -0.370 e. The molecule has 1 aliphatic heterocycles. The third kappa shape index (κ3) is 2.17. The van der Waals surface area contributed by atoms with Crippen LogP contribution >= 0.6 is 11.6 Å². The molecule has 3 nitrogen and oxygen atoms in total. The molecule has 1 aromatic carbocycles. The molecule has 1 aliphatic carbocycles. The molecular weight excluding hydrogens is 253 g/mol. The number of benzene rings is 1. The van der Waals surface area contributed by atoms with Crippen LogP contribution in [-0.4, -0.2) is 30.0 Å². The molecular formula is C13H15ClFN3. The van der Waals surface area contributed by atoms with Gasteiger partial charge in [0.25, 0.3) is 0 Å². The van der Waals surface area contributed by atoms with Crippen LogP contribution in [0.1, 0.15) is 24.3 Å². The van der Waals surface area contributed by atoms with Gasteiger partial charge in [-0.15, -0.1) is 0 Å². The standard InChI is InChI=1S/C13H15ClFN3/c14-10-3-2-8(6-11(10)15)9-7-12(9)17-13(16)18-4-1-5-18/h2-3,6,9,12H,1,4-5,7H2,(H2,16,17)/t9-,12+/m0/s1. The third-order valence-electron chi connectivity index (χ3n) is 3.61. The Bertz CT molecular complexity index is 499. The van der Waals surface area contributed by atoms with Gasteiger partial charge in [-0.05, 0) is 30.5 Å². The molecule has 0 amide bonds. The number of guanidine groups is 1. The number of rotatable bonds is 2. The number of hydrogen-bond acceptors (Lipinski definition) is 1. The van der Waals surface area contributed by atoms with Crippen molar-refractivity contribution >= 4 is 17.6 Å². The van der Waals surface area contributed by atoms with E-state index in [0.29, 0.717) is 5.96 Å². The average molecular weight is 268 g/mol. The van der Waals surface area contributed by atoms with Gasteiger partial charge in [-0.3, -0.25) is 0 Å². The monoisotopic (exact) mass is 267 g/mol. The second kappa shape index (κ2) is 4.43. The topological polar surface area (TPSA) is 41.6 Å². The Morgan fingerprint density at radius 3 is 2.83 bits per heavy atom. The molecule has 1 aromatic rings. The zero-order chi connectivity index (χ0) is 12.7. The van der Waals surface area contributed by atoms with Crippen molar-refractivity contribution in [2.24, 2.45) is 10.7 Å². The Morgan fingerprint density at radius 1 is 1.44 bits per heavy atom. The lowest BCUT2D eigenvalue weighted by molar-refractivity contribution is 0.295. The molecule has 2 atom stereocenters. The van der Waals surface area contributed by atoms with Crippen molar-refractivity contribution in [3.05, 3.63) is 34.6 Å². The highest BCUT2D eigenvalue weighted by atomic mass is 35.5. The largest absolute Gasteiger partial charge is 0.370 e. The van der Waals surface area contributed by atoms with E-state index in [1.54, 1.807) is 6.07 Å². The minimum atomic E-state index is -0.362. The van der Waals surface area contributed by atoms with Crippen LogP contribution < -0.4 is 5.73 Å². The number of halogens is 2. The molecule has 1 saturated heterocycles. The van der Waals surface area contributed by atoms with Crippen molar-refractivity contribution in [3.8, 4) is 0 Å². The van der Waals surface area contributed by atoms with E-state index in [0.717, 1.165) is 25.1 Å². The molecule has 0 bridgehead atoms. The van der Waals surface area contributed by atoms with Gasteiger partial charge in [0.15, 0.2) is 5.96 Å². The van der Waals surface area contributed by atoms with Gasteiger partial charge in [-0.25, -0.2) is 9.38 Å². The second-order valence-corrected chi connectivity index (χ2v) is 5.32. The Labute approximate surface area is 110 Å². The highest BCUT2D eigenvalue weighted by Crippen LogP contribution is 2.44. The Morgan fingerprint density at radius 2 is 2.22 bits per heavy atom. The van der Waals surface area contributed by atoms with Crippen LogP contribution in [-0.2, 0) is 0 Å². The van der Waals surface area contributed by atoms with Crippen LogP contribution in [0.3, 0.4) is 0 Å². The zero-order valence-corrected chi connectivity index (χ0v) is 10.7. The quantitative estimate of drug-likeness (QED) is 0.660. The summed E-state index contributed by atoms with van der Waals surface area (Å²) in [7, 11) is 0. The fourth-order valence-electron chi connectivity index (χ4n) is 2.22. The van der Waals surface area contributed by atoms with E-state index in [-0.39, 0.29) is 22.8 Å². The maximum absolute atomic E-state index is 13.3. The summed E-state index contributed by atoms with van der Waals surface area (Å²) in [4.78, 5) is 6.55. The van der Waals surface area contributed by atoms with Gasteiger partial charge in [0.2, 0.25) is 0 Å². The summed E-state index contributed by atoms with van der Waals surface area (Å²) in [6.45, 7) is 2.00. The summed E-state index contributed by atoms with van der Waals surface area (Å²) in [6.07, 6.45) is 2.13. The maximum Gasteiger partial charge on any atom is 0.191 e. The lowest BCUT2D eigenvalue weighted by Crippen LogP contribution is -2.46. The number of nitrogens with zero attached hydrogens (tertiary/aromatic N) is 2. The SMILES string of the molecule is NC(=N[C@@H]1C[C@H]1c1ccc(Cl)c(F)c1)N1CCC1. The van der Waals surface area contributed by atoms with E-state index in [1.165, 1.54) is 12.5 Å². The van der Waals surface area contributed by atoms with Gasteiger partial charge in [-0.1, -0.05) is 17.7 Å². The first-order valence-corrected chi connectivity index (χ1v) is 6.56. The van der Waals surface area contributed by atoms with Gasteiger partial charge in [0, 0.05) is 19.0 Å². The summed E-state index contributed by atoms with van der Waals surface area (Å²) in [6, 6.07) is 5.17. The Kier molecular flexibility index (Phi) is 2.90.